The smallest absolute Gasteiger partial charge is 0.319 e. The van der Waals surface area contributed by atoms with Crippen molar-refractivity contribution in [2.45, 2.75) is 6.54 Å². The molecule has 2 aromatic carbocycles. The standard InChI is InChI=1S/C17H19BrN2O4/c1-22-14-8-11(9-15(23-2)16(14)24-3)10-19-17(21)20-13-7-5-4-6-12(13)18/h4-9H,10H2,1-3H3,(H2,19,20,21). The number of carbonyl (C=O) groups excluding carboxylic acids is 1. The predicted octanol–water partition coefficient (Wildman–Crippen LogP) is 3.80. The molecule has 0 aliphatic carbocycles. The number of hydrogen-bond acceptors (Lipinski definition) is 4. The second kappa shape index (κ2) is 8.44. The molecule has 0 heterocycles. The van der Waals surface area contributed by atoms with Crippen LogP contribution in [0.4, 0.5) is 10.5 Å². The Morgan fingerprint density at radius 1 is 1.04 bits per heavy atom. The van der Waals surface area contributed by atoms with Crippen LogP contribution in [0.2, 0.25) is 0 Å². The van der Waals surface area contributed by atoms with Crippen molar-refractivity contribution in [3.8, 4) is 17.2 Å². The van der Waals surface area contributed by atoms with Crippen molar-refractivity contribution in [3.05, 3.63) is 46.4 Å². The van der Waals surface area contributed by atoms with Crippen LogP contribution in [-0.4, -0.2) is 27.4 Å². The van der Waals surface area contributed by atoms with Gasteiger partial charge in [0.2, 0.25) is 5.75 Å². The highest BCUT2D eigenvalue weighted by atomic mass is 79.9. The highest BCUT2D eigenvalue weighted by molar-refractivity contribution is 9.10. The molecule has 2 amide bonds. The number of urea groups is 1. The van der Waals surface area contributed by atoms with Crippen molar-refractivity contribution in [2.75, 3.05) is 26.6 Å². The minimum atomic E-state index is -0.310. The van der Waals surface area contributed by atoms with Gasteiger partial charge in [-0.3, -0.25) is 0 Å². The molecule has 6 nitrogen and oxygen atoms in total. The third-order valence-corrected chi connectivity index (χ3v) is 3.99. The van der Waals surface area contributed by atoms with Crippen LogP contribution >= 0.6 is 15.9 Å². The lowest BCUT2D eigenvalue weighted by Gasteiger charge is -2.14. The Balaban J connectivity index is 2.06. The summed E-state index contributed by atoms with van der Waals surface area (Å²) in [6, 6.07) is 10.7. The molecule has 0 aliphatic rings. The molecule has 0 spiro atoms. The third-order valence-electron chi connectivity index (χ3n) is 3.30. The summed E-state index contributed by atoms with van der Waals surface area (Å²) < 4.78 is 16.7. The molecule has 0 radical (unpaired) electrons. The Morgan fingerprint density at radius 3 is 2.21 bits per heavy atom. The minimum absolute atomic E-state index is 0.310. The Hall–Kier alpha value is -2.41. The first-order valence-corrected chi connectivity index (χ1v) is 7.96. The Bertz CT molecular complexity index is 696. The summed E-state index contributed by atoms with van der Waals surface area (Å²) in [6.07, 6.45) is 0. The Kier molecular flexibility index (Phi) is 6.31. The van der Waals surface area contributed by atoms with Crippen LogP contribution in [0.15, 0.2) is 40.9 Å². The van der Waals surface area contributed by atoms with Gasteiger partial charge < -0.3 is 24.8 Å². The van der Waals surface area contributed by atoms with E-state index >= 15 is 0 Å². The molecule has 0 aliphatic heterocycles. The van der Waals surface area contributed by atoms with Gasteiger partial charge in [0.25, 0.3) is 0 Å². The van der Waals surface area contributed by atoms with E-state index in [1.54, 1.807) is 33.5 Å². The molecular weight excluding hydrogens is 376 g/mol. The molecule has 2 N–H and O–H groups in total. The fourth-order valence-electron chi connectivity index (χ4n) is 2.15. The van der Waals surface area contributed by atoms with E-state index < -0.39 is 0 Å². The summed E-state index contributed by atoms with van der Waals surface area (Å²) in [6.45, 7) is 0.313. The summed E-state index contributed by atoms with van der Waals surface area (Å²) >= 11 is 3.38. The first kappa shape index (κ1) is 17.9. The lowest BCUT2D eigenvalue weighted by atomic mass is 10.2. The normalized spacial score (nSPS) is 10.0. The van der Waals surface area contributed by atoms with E-state index in [9.17, 15) is 4.79 Å². The molecule has 2 rings (SSSR count). The number of carbonyl (C=O) groups is 1. The molecule has 0 fully saturated rings. The summed E-state index contributed by atoms with van der Waals surface area (Å²) in [5.74, 6) is 1.60. The summed E-state index contributed by atoms with van der Waals surface area (Å²) in [4.78, 5) is 12.0. The number of rotatable bonds is 6. The van der Waals surface area contributed by atoms with Gasteiger partial charge >= 0.3 is 6.03 Å². The van der Waals surface area contributed by atoms with E-state index in [-0.39, 0.29) is 6.03 Å². The second-order valence-electron chi connectivity index (χ2n) is 4.82. The average Bonchev–Trinajstić information content (AvgIpc) is 2.60. The van der Waals surface area contributed by atoms with E-state index in [0.29, 0.717) is 29.5 Å². The molecule has 0 unspecified atom stereocenters. The Morgan fingerprint density at radius 2 is 1.67 bits per heavy atom. The van der Waals surface area contributed by atoms with Gasteiger partial charge in [-0.15, -0.1) is 0 Å². The second-order valence-corrected chi connectivity index (χ2v) is 5.68. The van der Waals surface area contributed by atoms with E-state index in [4.69, 9.17) is 14.2 Å². The minimum Gasteiger partial charge on any atom is -0.493 e. The maximum atomic E-state index is 12.0. The fraction of sp³-hybridized carbons (Fsp3) is 0.235. The maximum absolute atomic E-state index is 12.0. The van der Waals surface area contributed by atoms with Crippen LogP contribution in [0.3, 0.4) is 0 Å². The highest BCUT2D eigenvalue weighted by Crippen LogP contribution is 2.38. The predicted molar refractivity (Wildman–Crippen MR) is 96.1 cm³/mol. The number of nitrogens with one attached hydrogen (secondary N) is 2. The number of para-hydroxylation sites is 1. The number of methoxy groups -OCH3 is 3. The highest BCUT2D eigenvalue weighted by Gasteiger charge is 2.13. The van der Waals surface area contributed by atoms with Crippen LogP contribution in [0.5, 0.6) is 17.2 Å². The van der Waals surface area contributed by atoms with Gasteiger partial charge in [0, 0.05) is 11.0 Å². The SMILES string of the molecule is COc1cc(CNC(=O)Nc2ccccc2Br)cc(OC)c1OC. The zero-order valence-corrected chi connectivity index (χ0v) is 15.3. The molecule has 0 aromatic heterocycles. The zero-order chi connectivity index (χ0) is 17.5. The molecule has 0 saturated heterocycles. The molecule has 7 heteroatoms. The van der Waals surface area contributed by atoms with Crippen molar-refractivity contribution in [3.63, 3.8) is 0 Å². The molecule has 0 bridgehead atoms. The van der Waals surface area contributed by atoms with Gasteiger partial charge in [0.1, 0.15) is 0 Å². The van der Waals surface area contributed by atoms with Crippen molar-refractivity contribution in [1.29, 1.82) is 0 Å². The molecule has 2 aromatic rings. The van der Waals surface area contributed by atoms with Gasteiger partial charge in [-0.2, -0.15) is 0 Å². The molecule has 24 heavy (non-hydrogen) atoms. The lowest BCUT2D eigenvalue weighted by molar-refractivity contribution is 0.251. The number of benzene rings is 2. The van der Waals surface area contributed by atoms with Crippen molar-refractivity contribution in [2.24, 2.45) is 0 Å². The monoisotopic (exact) mass is 394 g/mol. The first-order valence-electron chi connectivity index (χ1n) is 7.17. The van der Waals surface area contributed by atoms with Gasteiger partial charge in [0.15, 0.2) is 11.5 Å². The summed E-state index contributed by atoms with van der Waals surface area (Å²) in [5, 5.41) is 5.57. The number of halogens is 1. The maximum Gasteiger partial charge on any atom is 0.319 e. The van der Waals surface area contributed by atoms with E-state index in [1.165, 1.54) is 0 Å². The average molecular weight is 395 g/mol. The van der Waals surface area contributed by atoms with Crippen LogP contribution in [-0.2, 0) is 6.54 Å². The number of amides is 2. The molecule has 0 saturated carbocycles. The van der Waals surface area contributed by atoms with Crippen LogP contribution in [0.25, 0.3) is 0 Å². The largest absolute Gasteiger partial charge is 0.493 e. The van der Waals surface area contributed by atoms with Gasteiger partial charge in [0.05, 0.1) is 27.0 Å². The molecular formula is C17H19BrN2O4. The quantitative estimate of drug-likeness (QED) is 0.781. The molecule has 128 valence electrons. The van der Waals surface area contributed by atoms with Gasteiger partial charge in [-0.1, -0.05) is 12.1 Å². The molecule has 0 atom stereocenters. The summed E-state index contributed by atoms with van der Waals surface area (Å²) in [5.41, 5.74) is 1.52. The fourth-order valence-corrected chi connectivity index (χ4v) is 2.53. The summed E-state index contributed by atoms with van der Waals surface area (Å²) in [7, 11) is 4.64. The van der Waals surface area contributed by atoms with Gasteiger partial charge in [-0.05, 0) is 45.8 Å². The van der Waals surface area contributed by atoms with Crippen LogP contribution in [0.1, 0.15) is 5.56 Å². The van der Waals surface area contributed by atoms with Crippen LogP contribution in [0, 0.1) is 0 Å². The number of hydrogen-bond donors (Lipinski definition) is 2. The third kappa shape index (κ3) is 4.32. The zero-order valence-electron chi connectivity index (χ0n) is 13.7. The van der Waals surface area contributed by atoms with Crippen molar-refractivity contribution in [1.82, 2.24) is 5.32 Å². The van der Waals surface area contributed by atoms with E-state index in [2.05, 4.69) is 26.6 Å². The van der Waals surface area contributed by atoms with E-state index in [0.717, 1.165) is 10.0 Å². The van der Waals surface area contributed by atoms with Crippen molar-refractivity contribution < 1.29 is 19.0 Å². The lowest BCUT2D eigenvalue weighted by Crippen LogP contribution is -2.28. The van der Waals surface area contributed by atoms with Gasteiger partial charge in [-0.25, -0.2) is 4.79 Å². The van der Waals surface area contributed by atoms with Crippen LogP contribution < -0.4 is 24.8 Å². The first-order chi connectivity index (χ1) is 11.6. The number of anilines is 1. The Labute approximate surface area is 149 Å². The number of ether oxygens (including phenoxy) is 3. The van der Waals surface area contributed by atoms with Crippen molar-refractivity contribution >= 4 is 27.6 Å². The van der Waals surface area contributed by atoms with E-state index in [1.807, 2.05) is 24.3 Å². The topological polar surface area (TPSA) is 68.8 Å².